The lowest BCUT2D eigenvalue weighted by molar-refractivity contribution is 0.543. The number of aromatic nitrogens is 3. The minimum absolute atomic E-state index is 0.245. The van der Waals surface area contributed by atoms with Gasteiger partial charge in [0.1, 0.15) is 0 Å². The van der Waals surface area contributed by atoms with Gasteiger partial charge in [-0.1, -0.05) is 13.0 Å². The Bertz CT molecular complexity index is 644. The molecule has 5 heteroatoms. The maximum atomic E-state index is 12.1. The van der Waals surface area contributed by atoms with Gasteiger partial charge in [-0.05, 0) is 18.6 Å². The number of nitrogens with zero attached hydrogens (tertiary/aromatic N) is 3. The molecule has 0 unspecified atom stereocenters. The van der Waals surface area contributed by atoms with Crippen LogP contribution in [0.4, 0.5) is 0 Å². The summed E-state index contributed by atoms with van der Waals surface area (Å²) in [6, 6.07) is 7.06. The zero-order chi connectivity index (χ0) is 13.7. The van der Waals surface area contributed by atoms with E-state index in [0.717, 1.165) is 12.1 Å². The number of aryl methyl sites for hydroxylation is 2. The van der Waals surface area contributed by atoms with Gasteiger partial charge in [0.05, 0.1) is 0 Å². The van der Waals surface area contributed by atoms with Crippen LogP contribution in [0.5, 0.6) is 0 Å². The van der Waals surface area contributed by atoms with Crippen molar-refractivity contribution in [3.8, 4) is 0 Å². The third-order valence-electron chi connectivity index (χ3n) is 2.92. The summed E-state index contributed by atoms with van der Waals surface area (Å²) in [6.45, 7) is 2.98. The van der Waals surface area contributed by atoms with Gasteiger partial charge >= 0.3 is 5.69 Å². The Kier molecular flexibility index (Phi) is 4.28. The van der Waals surface area contributed by atoms with Crippen LogP contribution < -0.4 is 11.2 Å². The van der Waals surface area contributed by atoms with E-state index in [-0.39, 0.29) is 11.2 Å². The fraction of sp³-hybridized carbons (Fsp3) is 0.357. The molecule has 0 N–H and O–H groups in total. The topological polar surface area (TPSA) is 56.9 Å². The SMILES string of the molecule is CCCn1ccc(=O)n(CCc2ccccn2)c1=O. The van der Waals surface area contributed by atoms with Crippen LogP contribution >= 0.6 is 0 Å². The second-order valence-corrected chi connectivity index (χ2v) is 4.35. The molecule has 0 saturated carbocycles. The monoisotopic (exact) mass is 259 g/mol. The van der Waals surface area contributed by atoms with Gasteiger partial charge in [0, 0.05) is 43.7 Å². The average molecular weight is 259 g/mol. The second-order valence-electron chi connectivity index (χ2n) is 4.35. The van der Waals surface area contributed by atoms with Crippen LogP contribution in [0.15, 0.2) is 46.2 Å². The summed E-state index contributed by atoms with van der Waals surface area (Å²) in [5, 5.41) is 0. The first-order chi connectivity index (χ1) is 9.22. The van der Waals surface area contributed by atoms with E-state index in [9.17, 15) is 9.59 Å². The lowest BCUT2D eigenvalue weighted by Gasteiger charge is -2.08. The molecule has 0 aliphatic rings. The van der Waals surface area contributed by atoms with Crippen LogP contribution in [0.2, 0.25) is 0 Å². The van der Waals surface area contributed by atoms with Gasteiger partial charge in [0.2, 0.25) is 0 Å². The Morgan fingerprint density at radius 1 is 1.16 bits per heavy atom. The Morgan fingerprint density at radius 2 is 2.00 bits per heavy atom. The van der Waals surface area contributed by atoms with E-state index in [0.29, 0.717) is 19.5 Å². The molecule has 0 fully saturated rings. The van der Waals surface area contributed by atoms with Crippen LogP contribution in [0.1, 0.15) is 19.0 Å². The molecule has 0 aliphatic heterocycles. The van der Waals surface area contributed by atoms with Crippen molar-refractivity contribution in [3.05, 3.63) is 63.2 Å². The summed E-state index contributed by atoms with van der Waals surface area (Å²) in [6.07, 6.45) is 4.70. The first kappa shape index (κ1) is 13.3. The number of pyridine rings is 1. The van der Waals surface area contributed by atoms with E-state index < -0.39 is 0 Å². The molecule has 2 aromatic rings. The highest BCUT2D eigenvalue weighted by atomic mass is 16.2. The van der Waals surface area contributed by atoms with Gasteiger partial charge in [-0.2, -0.15) is 0 Å². The van der Waals surface area contributed by atoms with Crippen molar-refractivity contribution in [3.63, 3.8) is 0 Å². The summed E-state index contributed by atoms with van der Waals surface area (Å²) >= 11 is 0. The van der Waals surface area contributed by atoms with Gasteiger partial charge in [-0.3, -0.25) is 14.3 Å². The predicted octanol–water partition coefficient (Wildman–Crippen LogP) is 1.06. The van der Waals surface area contributed by atoms with Crippen molar-refractivity contribution in [2.75, 3.05) is 0 Å². The Labute approximate surface area is 111 Å². The highest BCUT2D eigenvalue weighted by Gasteiger charge is 2.05. The minimum atomic E-state index is -0.256. The summed E-state index contributed by atoms with van der Waals surface area (Å²) in [4.78, 5) is 28.0. The molecule has 0 amide bonds. The number of hydrogen-bond donors (Lipinski definition) is 0. The fourth-order valence-electron chi connectivity index (χ4n) is 1.95. The first-order valence-electron chi connectivity index (χ1n) is 6.42. The third-order valence-corrected chi connectivity index (χ3v) is 2.92. The fourth-order valence-corrected chi connectivity index (χ4v) is 1.95. The lowest BCUT2D eigenvalue weighted by atomic mass is 10.3. The summed E-state index contributed by atoms with van der Waals surface area (Å²) < 4.78 is 2.84. The normalized spacial score (nSPS) is 10.6. The van der Waals surface area contributed by atoms with Gasteiger partial charge in [-0.15, -0.1) is 0 Å². The predicted molar refractivity (Wildman–Crippen MR) is 73.2 cm³/mol. The Balaban J connectivity index is 2.22. The average Bonchev–Trinajstić information content (AvgIpc) is 2.43. The highest BCUT2D eigenvalue weighted by molar-refractivity contribution is 5.03. The van der Waals surface area contributed by atoms with E-state index in [1.165, 1.54) is 10.6 Å². The van der Waals surface area contributed by atoms with Crippen LogP contribution in [0.3, 0.4) is 0 Å². The molecular formula is C14H17N3O2. The van der Waals surface area contributed by atoms with E-state index in [1.807, 2.05) is 25.1 Å². The maximum absolute atomic E-state index is 12.1. The Hall–Kier alpha value is -2.17. The standard InChI is InChI=1S/C14H17N3O2/c1-2-9-16-10-7-13(18)17(14(16)19)11-6-12-5-3-4-8-15-12/h3-5,7-8,10H,2,6,9,11H2,1H3. The number of hydrogen-bond acceptors (Lipinski definition) is 3. The van der Waals surface area contributed by atoms with Crippen LogP contribution in [-0.2, 0) is 19.5 Å². The van der Waals surface area contributed by atoms with Crippen molar-refractivity contribution in [1.82, 2.24) is 14.1 Å². The molecule has 0 radical (unpaired) electrons. The van der Waals surface area contributed by atoms with Gasteiger partial charge < -0.3 is 4.57 Å². The molecule has 0 saturated heterocycles. The molecule has 0 atom stereocenters. The van der Waals surface area contributed by atoms with E-state index in [4.69, 9.17) is 0 Å². The van der Waals surface area contributed by atoms with Gasteiger partial charge in [-0.25, -0.2) is 4.79 Å². The van der Waals surface area contributed by atoms with Crippen molar-refractivity contribution in [1.29, 1.82) is 0 Å². The van der Waals surface area contributed by atoms with Gasteiger partial charge in [0.25, 0.3) is 5.56 Å². The van der Waals surface area contributed by atoms with Gasteiger partial charge in [0.15, 0.2) is 0 Å². The van der Waals surface area contributed by atoms with Crippen LogP contribution in [0, 0.1) is 0 Å². The van der Waals surface area contributed by atoms with E-state index >= 15 is 0 Å². The van der Waals surface area contributed by atoms with Crippen molar-refractivity contribution >= 4 is 0 Å². The van der Waals surface area contributed by atoms with E-state index in [2.05, 4.69) is 4.98 Å². The second kappa shape index (κ2) is 6.13. The van der Waals surface area contributed by atoms with Crippen molar-refractivity contribution in [2.45, 2.75) is 32.9 Å². The molecule has 2 heterocycles. The molecule has 2 rings (SSSR count). The first-order valence-corrected chi connectivity index (χ1v) is 6.42. The zero-order valence-electron chi connectivity index (χ0n) is 11.0. The third kappa shape index (κ3) is 3.19. The molecule has 100 valence electrons. The molecule has 0 aromatic carbocycles. The number of rotatable bonds is 5. The molecule has 2 aromatic heterocycles. The Morgan fingerprint density at radius 3 is 2.68 bits per heavy atom. The maximum Gasteiger partial charge on any atom is 0.330 e. The van der Waals surface area contributed by atoms with Crippen molar-refractivity contribution < 1.29 is 0 Å². The smallest absolute Gasteiger partial charge is 0.300 e. The molecule has 0 spiro atoms. The molecule has 19 heavy (non-hydrogen) atoms. The van der Waals surface area contributed by atoms with Crippen LogP contribution in [0.25, 0.3) is 0 Å². The lowest BCUT2D eigenvalue weighted by Crippen LogP contribution is -2.39. The molecule has 0 aliphatic carbocycles. The van der Waals surface area contributed by atoms with Crippen molar-refractivity contribution in [2.24, 2.45) is 0 Å². The largest absolute Gasteiger partial charge is 0.330 e. The summed E-state index contributed by atoms with van der Waals surface area (Å²) in [5.41, 5.74) is 0.373. The molecule has 0 bridgehead atoms. The molecular weight excluding hydrogens is 242 g/mol. The quantitative estimate of drug-likeness (QED) is 0.806. The summed E-state index contributed by atoms with van der Waals surface area (Å²) in [7, 11) is 0. The highest BCUT2D eigenvalue weighted by Crippen LogP contribution is 1.95. The minimum Gasteiger partial charge on any atom is -0.300 e. The van der Waals surface area contributed by atoms with Crippen LogP contribution in [-0.4, -0.2) is 14.1 Å². The molecule has 5 nitrogen and oxygen atoms in total. The summed E-state index contributed by atoms with van der Waals surface area (Å²) in [5.74, 6) is 0. The van der Waals surface area contributed by atoms with E-state index in [1.54, 1.807) is 17.0 Å². The zero-order valence-corrected chi connectivity index (χ0v) is 11.0.